The standard InChI is InChI=1S/C12H13FO3/c13-9-4-1-3-8(7-9)10(11(14)15)12(16)5-2-6-12/h1,3-4,7,10,16H,2,5-6H2,(H,14,15). The molecule has 0 spiro atoms. The molecule has 0 aliphatic heterocycles. The summed E-state index contributed by atoms with van der Waals surface area (Å²) in [6.07, 6.45) is 1.73. The second-order valence-electron chi connectivity index (χ2n) is 4.28. The van der Waals surface area contributed by atoms with Crippen LogP contribution in [0, 0.1) is 5.82 Å². The number of carbonyl (C=O) groups is 1. The lowest BCUT2D eigenvalue weighted by molar-refractivity contribution is -0.151. The van der Waals surface area contributed by atoms with Crippen LogP contribution in [-0.4, -0.2) is 21.8 Å². The molecule has 1 aliphatic rings. The van der Waals surface area contributed by atoms with E-state index in [9.17, 15) is 14.3 Å². The van der Waals surface area contributed by atoms with Gasteiger partial charge in [0.2, 0.25) is 0 Å². The summed E-state index contributed by atoms with van der Waals surface area (Å²) in [6.45, 7) is 0. The third-order valence-electron chi connectivity index (χ3n) is 3.19. The first kappa shape index (κ1) is 11.1. The zero-order chi connectivity index (χ0) is 11.8. The fourth-order valence-corrected chi connectivity index (χ4v) is 2.20. The summed E-state index contributed by atoms with van der Waals surface area (Å²) in [5, 5.41) is 19.2. The molecule has 1 aromatic carbocycles. The molecule has 1 atom stereocenters. The van der Waals surface area contributed by atoms with Crippen LogP contribution in [0.15, 0.2) is 24.3 Å². The van der Waals surface area contributed by atoms with Crippen molar-refractivity contribution in [1.29, 1.82) is 0 Å². The average molecular weight is 224 g/mol. The Morgan fingerprint density at radius 2 is 2.12 bits per heavy atom. The molecule has 1 fully saturated rings. The highest BCUT2D eigenvalue weighted by Crippen LogP contribution is 2.43. The van der Waals surface area contributed by atoms with Gasteiger partial charge in [0.25, 0.3) is 0 Å². The number of halogens is 1. The number of carboxylic acid groups (broad SMARTS) is 1. The fourth-order valence-electron chi connectivity index (χ4n) is 2.20. The SMILES string of the molecule is O=C(O)C(c1cccc(F)c1)C1(O)CCC1. The minimum Gasteiger partial charge on any atom is -0.481 e. The van der Waals surface area contributed by atoms with Gasteiger partial charge >= 0.3 is 5.97 Å². The van der Waals surface area contributed by atoms with Crippen LogP contribution in [0.25, 0.3) is 0 Å². The largest absolute Gasteiger partial charge is 0.481 e. The van der Waals surface area contributed by atoms with E-state index < -0.39 is 23.3 Å². The molecule has 0 bridgehead atoms. The maximum absolute atomic E-state index is 13.0. The van der Waals surface area contributed by atoms with Crippen molar-refractivity contribution >= 4 is 5.97 Å². The second-order valence-corrected chi connectivity index (χ2v) is 4.28. The first-order valence-corrected chi connectivity index (χ1v) is 5.23. The van der Waals surface area contributed by atoms with Crippen molar-refractivity contribution in [3.63, 3.8) is 0 Å². The van der Waals surface area contributed by atoms with Gasteiger partial charge in [-0.05, 0) is 37.0 Å². The number of rotatable bonds is 3. The molecule has 2 N–H and O–H groups in total. The third kappa shape index (κ3) is 1.80. The third-order valence-corrected chi connectivity index (χ3v) is 3.19. The fraction of sp³-hybridized carbons (Fsp3) is 0.417. The van der Waals surface area contributed by atoms with Crippen molar-refractivity contribution in [3.05, 3.63) is 35.6 Å². The van der Waals surface area contributed by atoms with E-state index in [0.717, 1.165) is 6.42 Å². The topological polar surface area (TPSA) is 57.5 Å². The Morgan fingerprint density at radius 3 is 2.56 bits per heavy atom. The highest BCUT2D eigenvalue weighted by molar-refractivity contribution is 5.78. The average Bonchev–Trinajstić information content (AvgIpc) is 2.15. The first-order valence-electron chi connectivity index (χ1n) is 5.23. The van der Waals surface area contributed by atoms with E-state index in [4.69, 9.17) is 5.11 Å². The molecule has 0 heterocycles. The number of benzene rings is 1. The van der Waals surface area contributed by atoms with Gasteiger partial charge in [-0.3, -0.25) is 4.79 Å². The monoisotopic (exact) mass is 224 g/mol. The summed E-state index contributed by atoms with van der Waals surface area (Å²) in [6, 6.07) is 5.43. The van der Waals surface area contributed by atoms with Crippen LogP contribution in [0.4, 0.5) is 4.39 Å². The minimum atomic E-state index is -1.21. The van der Waals surface area contributed by atoms with Crippen LogP contribution in [-0.2, 0) is 4.79 Å². The van der Waals surface area contributed by atoms with Gasteiger partial charge in [0, 0.05) is 0 Å². The molecule has 1 saturated carbocycles. The van der Waals surface area contributed by atoms with Crippen LogP contribution >= 0.6 is 0 Å². The highest BCUT2D eigenvalue weighted by atomic mass is 19.1. The minimum absolute atomic E-state index is 0.328. The summed E-state index contributed by atoms with van der Waals surface area (Å²) in [4.78, 5) is 11.2. The van der Waals surface area contributed by atoms with Gasteiger partial charge in [-0.15, -0.1) is 0 Å². The Hall–Kier alpha value is -1.42. The van der Waals surface area contributed by atoms with Gasteiger partial charge in [0.1, 0.15) is 11.7 Å². The summed E-state index contributed by atoms with van der Waals surface area (Å²) in [5.41, 5.74) is -0.880. The van der Waals surface area contributed by atoms with E-state index in [1.807, 2.05) is 0 Å². The molecule has 1 aromatic rings. The van der Waals surface area contributed by atoms with Gasteiger partial charge < -0.3 is 10.2 Å². The van der Waals surface area contributed by atoms with Gasteiger partial charge in [-0.1, -0.05) is 12.1 Å². The molecule has 86 valence electrons. The van der Waals surface area contributed by atoms with Crippen molar-refractivity contribution in [3.8, 4) is 0 Å². The van der Waals surface area contributed by atoms with Crippen LogP contribution in [0.2, 0.25) is 0 Å². The number of aliphatic hydroxyl groups is 1. The maximum atomic E-state index is 13.0. The molecule has 0 saturated heterocycles. The van der Waals surface area contributed by atoms with Gasteiger partial charge in [0.05, 0.1) is 5.60 Å². The Kier molecular flexibility index (Phi) is 2.68. The van der Waals surface area contributed by atoms with Crippen LogP contribution in [0.3, 0.4) is 0 Å². The van der Waals surface area contributed by atoms with E-state index >= 15 is 0 Å². The molecule has 0 radical (unpaired) electrons. The van der Waals surface area contributed by atoms with Crippen molar-refractivity contribution < 1.29 is 19.4 Å². The zero-order valence-electron chi connectivity index (χ0n) is 8.69. The Labute approximate surface area is 92.5 Å². The van der Waals surface area contributed by atoms with E-state index in [-0.39, 0.29) is 0 Å². The van der Waals surface area contributed by atoms with E-state index in [0.29, 0.717) is 18.4 Å². The van der Waals surface area contributed by atoms with Gasteiger partial charge in [-0.2, -0.15) is 0 Å². The normalized spacial score (nSPS) is 19.9. The predicted octanol–water partition coefficient (Wildman–Crippen LogP) is 1.91. The number of carboxylic acids is 1. The summed E-state index contributed by atoms with van der Waals surface area (Å²) < 4.78 is 13.0. The van der Waals surface area contributed by atoms with E-state index in [1.165, 1.54) is 24.3 Å². The maximum Gasteiger partial charge on any atom is 0.313 e. The Morgan fingerprint density at radius 1 is 1.44 bits per heavy atom. The molecule has 2 rings (SSSR count). The first-order chi connectivity index (χ1) is 7.53. The van der Waals surface area contributed by atoms with Gasteiger partial charge in [-0.25, -0.2) is 4.39 Å². The number of hydrogen-bond acceptors (Lipinski definition) is 2. The smallest absolute Gasteiger partial charge is 0.313 e. The molecular formula is C12H13FO3. The molecule has 0 aromatic heterocycles. The van der Waals surface area contributed by atoms with Crippen LogP contribution < -0.4 is 0 Å². The molecule has 4 heteroatoms. The number of aliphatic carboxylic acids is 1. The zero-order valence-corrected chi connectivity index (χ0v) is 8.69. The Bertz CT molecular complexity index is 412. The lowest BCUT2D eigenvalue weighted by Crippen LogP contribution is -2.46. The molecule has 16 heavy (non-hydrogen) atoms. The lowest BCUT2D eigenvalue weighted by Gasteiger charge is -2.41. The Balaban J connectivity index is 2.36. The quantitative estimate of drug-likeness (QED) is 0.824. The summed E-state index contributed by atoms with van der Waals surface area (Å²) >= 11 is 0. The summed E-state index contributed by atoms with van der Waals surface area (Å²) in [5.74, 6) is -2.61. The lowest BCUT2D eigenvalue weighted by atomic mass is 9.68. The van der Waals surface area contributed by atoms with Crippen LogP contribution in [0.1, 0.15) is 30.7 Å². The molecule has 1 aliphatic carbocycles. The van der Waals surface area contributed by atoms with Crippen molar-refractivity contribution in [2.75, 3.05) is 0 Å². The van der Waals surface area contributed by atoms with Crippen LogP contribution in [0.5, 0.6) is 0 Å². The molecule has 0 amide bonds. The molecular weight excluding hydrogens is 211 g/mol. The predicted molar refractivity (Wildman–Crippen MR) is 55.6 cm³/mol. The molecule has 1 unspecified atom stereocenters. The van der Waals surface area contributed by atoms with Crippen molar-refractivity contribution in [2.45, 2.75) is 30.8 Å². The van der Waals surface area contributed by atoms with Crippen molar-refractivity contribution in [2.24, 2.45) is 0 Å². The highest BCUT2D eigenvalue weighted by Gasteiger charge is 2.47. The summed E-state index contributed by atoms with van der Waals surface area (Å²) in [7, 11) is 0. The molecule has 3 nitrogen and oxygen atoms in total. The van der Waals surface area contributed by atoms with Crippen molar-refractivity contribution in [1.82, 2.24) is 0 Å². The number of hydrogen-bond donors (Lipinski definition) is 2. The van der Waals surface area contributed by atoms with E-state index in [2.05, 4.69) is 0 Å². The van der Waals surface area contributed by atoms with Gasteiger partial charge in [0.15, 0.2) is 0 Å². The second kappa shape index (κ2) is 3.87. The van der Waals surface area contributed by atoms with E-state index in [1.54, 1.807) is 0 Å².